The average Bonchev–Trinajstić information content (AvgIpc) is 1.89. The van der Waals surface area contributed by atoms with Crippen LogP contribution in [0, 0.1) is 0 Å². The zero-order valence-electron chi connectivity index (χ0n) is 6.11. The van der Waals surface area contributed by atoms with Crippen molar-refractivity contribution in [2.45, 2.75) is 19.8 Å². The molecule has 0 heterocycles. The number of allylic oxidation sites excluding steroid dienone is 1. The summed E-state index contributed by atoms with van der Waals surface area (Å²) < 4.78 is 0. The van der Waals surface area contributed by atoms with E-state index in [2.05, 4.69) is 25.4 Å². The van der Waals surface area contributed by atoms with Gasteiger partial charge in [0.05, 0.1) is 0 Å². The minimum Gasteiger partial charge on any atom is -0.386 e. The molecule has 0 aliphatic carbocycles. The van der Waals surface area contributed by atoms with Crippen LogP contribution in [-0.4, -0.2) is 6.54 Å². The highest BCUT2D eigenvalue weighted by Crippen LogP contribution is 1.87. The third-order valence-corrected chi connectivity index (χ3v) is 1.13. The fourth-order valence-corrected chi connectivity index (χ4v) is 0.498. The molecule has 0 fully saturated rings. The number of rotatable bonds is 5. The van der Waals surface area contributed by atoms with Crippen molar-refractivity contribution in [1.82, 2.24) is 5.32 Å². The Morgan fingerprint density at radius 2 is 2.33 bits per heavy atom. The van der Waals surface area contributed by atoms with Gasteiger partial charge in [0.25, 0.3) is 0 Å². The van der Waals surface area contributed by atoms with Gasteiger partial charge < -0.3 is 5.32 Å². The molecule has 0 saturated heterocycles. The van der Waals surface area contributed by atoms with Crippen LogP contribution in [0.15, 0.2) is 24.9 Å². The Morgan fingerprint density at radius 1 is 1.67 bits per heavy atom. The normalized spacial score (nSPS) is 8.56. The molecule has 0 rings (SSSR count). The summed E-state index contributed by atoms with van der Waals surface area (Å²) in [6.07, 6.45) is 4.15. The van der Waals surface area contributed by atoms with Crippen molar-refractivity contribution < 1.29 is 0 Å². The summed E-state index contributed by atoms with van der Waals surface area (Å²) in [5.74, 6) is 0. The summed E-state index contributed by atoms with van der Waals surface area (Å²) in [5.41, 5.74) is 0.920. The minimum absolute atomic E-state index is 0.920. The molecule has 0 aliphatic rings. The predicted octanol–water partition coefficient (Wildman–Crippen LogP) is 2.08. The van der Waals surface area contributed by atoms with Gasteiger partial charge >= 0.3 is 0 Å². The Bertz CT molecular complexity index is 94.7. The zero-order chi connectivity index (χ0) is 7.11. The van der Waals surface area contributed by atoms with Gasteiger partial charge in [0, 0.05) is 12.2 Å². The first-order valence-electron chi connectivity index (χ1n) is 3.36. The van der Waals surface area contributed by atoms with Crippen LogP contribution in [0.4, 0.5) is 0 Å². The summed E-state index contributed by atoms with van der Waals surface area (Å²) in [6, 6.07) is 0. The molecule has 0 radical (unpaired) electrons. The molecule has 0 aromatic carbocycles. The van der Waals surface area contributed by atoms with Crippen LogP contribution in [-0.2, 0) is 0 Å². The summed E-state index contributed by atoms with van der Waals surface area (Å²) in [5, 5.41) is 3.12. The number of unbranched alkanes of at least 4 members (excludes halogenated alkanes) is 1. The van der Waals surface area contributed by atoms with E-state index < -0.39 is 0 Å². The molecule has 0 aliphatic heterocycles. The van der Waals surface area contributed by atoms with Crippen molar-refractivity contribution in [3.63, 3.8) is 0 Å². The SMILES string of the molecule is C=CC(=C)NCCCC. The molecule has 1 nitrogen and oxygen atoms in total. The van der Waals surface area contributed by atoms with Gasteiger partial charge in [0.2, 0.25) is 0 Å². The molecule has 0 aromatic heterocycles. The van der Waals surface area contributed by atoms with Gasteiger partial charge in [-0.1, -0.05) is 26.5 Å². The first-order valence-corrected chi connectivity index (χ1v) is 3.36. The number of hydrogen-bond acceptors (Lipinski definition) is 1. The van der Waals surface area contributed by atoms with E-state index in [1.54, 1.807) is 6.08 Å². The highest BCUT2D eigenvalue weighted by molar-refractivity contribution is 5.07. The van der Waals surface area contributed by atoms with Crippen LogP contribution in [0.2, 0.25) is 0 Å². The van der Waals surface area contributed by atoms with Gasteiger partial charge in [-0.3, -0.25) is 0 Å². The molecular formula is C8H15N. The molecule has 0 aromatic rings. The fourth-order valence-electron chi connectivity index (χ4n) is 0.498. The molecule has 1 heteroatoms. The summed E-state index contributed by atoms with van der Waals surface area (Å²) in [7, 11) is 0. The maximum Gasteiger partial charge on any atom is 0.0261 e. The first kappa shape index (κ1) is 8.28. The van der Waals surface area contributed by atoms with Crippen LogP contribution < -0.4 is 5.32 Å². The van der Waals surface area contributed by atoms with Gasteiger partial charge in [0.15, 0.2) is 0 Å². The van der Waals surface area contributed by atoms with Crippen LogP contribution in [0.25, 0.3) is 0 Å². The van der Waals surface area contributed by atoms with Crippen molar-refractivity contribution in [1.29, 1.82) is 0 Å². The second-order valence-corrected chi connectivity index (χ2v) is 2.01. The lowest BCUT2D eigenvalue weighted by molar-refractivity contribution is 0.721. The number of hydrogen-bond donors (Lipinski definition) is 1. The van der Waals surface area contributed by atoms with Crippen LogP contribution in [0.3, 0.4) is 0 Å². The minimum atomic E-state index is 0.920. The van der Waals surface area contributed by atoms with Gasteiger partial charge in [-0.05, 0) is 12.5 Å². The molecule has 0 atom stereocenters. The molecule has 9 heavy (non-hydrogen) atoms. The first-order chi connectivity index (χ1) is 4.31. The topological polar surface area (TPSA) is 12.0 Å². The van der Waals surface area contributed by atoms with Gasteiger partial charge in [-0.2, -0.15) is 0 Å². The van der Waals surface area contributed by atoms with E-state index in [4.69, 9.17) is 0 Å². The Kier molecular flexibility index (Phi) is 4.98. The summed E-state index contributed by atoms with van der Waals surface area (Å²) in [6.45, 7) is 10.5. The second kappa shape index (κ2) is 5.42. The summed E-state index contributed by atoms with van der Waals surface area (Å²) >= 11 is 0. The molecule has 52 valence electrons. The Hall–Kier alpha value is -0.720. The highest BCUT2D eigenvalue weighted by atomic mass is 14.9. The van der Waals surface area contributed by atoms with Gasteiger partial charge in [0.1, 0.15) is 0 Å². The molecule has 0 unspecified atom stereocenters. The van der Waals surface area contributed by atoms with Crippen molar-refractivity contribution in [2.75, 3.05) is 6.54 Å². The van der Waals surface area contributed by atoms with E-state index in [-0.39, 0.29) is 0 Å². The van der Waals surface area contributed by atoms with Crippen LogP contribution in [0.1, 0.15) is 19.8 Å². The maximum atomic E-state index is 3.72. The van der Waals surface area contributed by atoms with Crippen molar-refractivity contribution >= 4 is 0 Å². The maximum absolute atomic E-state index is 3.72. The monoisotopic (exact) mass is 125 g/mol. The number of nitrogens with one attached hydrogen (secondary N) is 1. The molecule has 1 N–H and O–H groups in total. The van der Waals surface area contributed by atoms with E-state index in [9.17, 15) is 0 Å². The molecule has 0 amide bonds. The lowest BCUT2D eigenvalue weighted by Crippen LogP contribution is -2.11. The smallest absolute Gasteiger partial charge is 0.0261 e. The average molecular weight is 125 g/mol. The quantitative estimate of drug-likeness (QED) is 0.438. The van der Waals surface area contributed by atoms with Crippen molar-refractivity contribution in [2.24, 2.45) is 0 Å². The Labute approximate surface area is 57.5 Å². The lowest BCUT2D eigenvalue weighted by Gasteiger charge is -2.02. The van der Waals surface area contributed by atoms with E-state index in [0.717, 1.165) is 12.2 Å². The lowest BCUT2D eigenvalue weighted by atomic mass is 10.3. The van der Waals surface area contributed by atoms with Gasteiger partial charge in [-0.25, -0.2) is 0 Å². The Morgan fingerprint density at radius 3 is 2.78 bits per heavy atom. The molecule has 0 bridgehead atoms. The van der Waals surface area contributed by atoms with E-state index in [1.165, 1.54) is 12.8 Å². The largest absolute Gasteiger partial charge is 0.386 e. The molecule has 0 spiro atoms. The second-order valence-electron chi connectivity index (χ2n) is 2.01. The van der Waals surface area contributed by atoms with E-state index in [0.29, 0.717) is 0 Å². The van der Waals surface area contributed by atoms with Crippen molar-refractivity contribution in [3.05, 3.63) is 24.9 Å². The third-order valence-electron chi connectivity index (χ3n) is 1.13. The van der Waals surface area contributed by atoms with Gasteiger partial charge in [-0.15, -0.1) is 0 Å². The Balaban J connectivity index is 3.07. The van der Waals surface area contributed by atoms with Crippen LogP contribution >= 0.6 is 0 Å². The molecular weight excluding hydrogens is 110 g/mol. The van der Waals surface area contributed by atoms with E-state index >= 15 is 0 Å². The standard InChI is InChI=1S/C8H15N/c1-4-6-7-9-8(3)5-2/h5,9H,2-4,6-7H2,1H3. The van der Waals surface area contributed by atoms with E-state index in [1.807, 2.05) is 0 Å². The fraction of sp³-hybridized carbons (Fsp3) is 0.500. The predicted molar refractivity (Wildman–Crippen MR) is 42.2 cm³/mol. The molecule has 0 saturated carbocycles. The van der Waals surface area contributed by atoms with Crippen LogP contribution in [0.5, 0.6) is 0 Å². The zero-order valence-corrected chi connectivity index (χ0v) is 6.11. The summed E-state index contributed by atoms with van der Waals surface area (Å²) in [4.78, 5) is 0. The third kappa shape index (κ3) is 5.15. The van der Waals surface area contributed by atoms with Crippen molar-refractivity contribution in [3.8, 4) is 0 Å². The highest BCUT2D eigenvalue weighted by Gasteiger charge is 1.82.